The Morgan fingerprint density at radius 1 is 1.19 bits per heavy atom. The summed E-state index contributed by atoms with van der Waals surface area (Å²) in [5, 5.41) is 6.85. The number of nitrogens with one attached hydrogen (secondary N) is 2. The number of hydrogen-bond donors (Lipinski definition) is 2. The second-order valence-electron chi connectivity index (χ2n) is 7.69. The summed E-state index contributed by atoms with van der Waals surface area (Å²) in [6.07, 6.45) is 6.72. The van der Waals surface area contributed by atoms with Gasteiger partial charge >= 0.3 is 0 Å². The highest BCUT2D eigenvalue weighted by molar-refractivity contribution is 14.0. The van der Waals surface area contributed by atoms with Crippen molar-refractivity contribution in [2.45, 2.75) is 58.4 Å². The van der Waals surface area contributed by atoms with Crippen LogP contribution in [0.5, 0.6) is 0 Å². The van der Waals surface area contributed by atoms with E-state index in [1.165, 1.54) is 19.4 Å². The van der Waals surface area contributed by atoms with Gasteiger partial charge in [0.15, 0.2) is 5.96 Å². The van der Waals surface area contributed by atoms with Gasteiger partial charge in [0.2, 0.25) is 5.91 Å². The monoisotopic (exact) mass is 479 g/mol. The van der Waals surface area contributed by atoms with Crippen molar-refractivity contribution in [1.82, 2.24) is 20.4 Å². The third-order valence-corrected chi connectivity index (χ3v) is 5.71. The lowest BCUT2D eigenvalue weighted by Gasteiger charge is -2.29. The normalized spacial score (nSPS) is 22.8. The third kappa shape index (κ3) is 5.97. The Hall–Kier alpha value is -0.570. The van der Waals surface area contributed by atoms with Gasteiger partial charge in [0.1, 0.15) is 0 Å². The molecule has 2 fully saturated rings. The Labute approximate surface area is 176 Å². The number of amides is 1. The van der Waals surface area contributed by atoms with Crippen molar-refractivity contribution in [2.24, 2.45) is 10.4 Å². The zero-order valence-corrected chi connectivity index (χ0v) is 19.3. The Bertz CT molecular complexity index is 463. The predicted octanol–water partition coefficient (Wildman–Crippen LogP) is 2.29. The van der Waals surface area contributed by atoms with Crippen LogP contribution in [0.25, 0.3) is 0 Å². The van der Waals surface area contributed by atoms with Crippen LogP contribution in [-0.4, -0.2) is 74.5 Å². The standard InChI is InChI=1S/C19H37N5O.HI/c1-5-20-18(21-14-16-10-9-13-24(16)6-2)22-15-19(11-7-8-12-19)17(25)23(3)4;/h16H,5-15H2,1-4H3,(H2,20,21,22);1H. The maximum absolute atomic E-state index is 12.7. The van der Waals surface area contributed by atoms with E-state index in [1.807, 2.05) is 14.1 Å². The van der Waals surface area contributed by atoms with Crippen LogP contribution >= 0.6 is 24.0 Å². The summed E-state index contributed by atoms with van der Waals surface area (Å²) >= 11 is 0. The summed E-state index contributed by atoms with van der Waals surface area (Å²) in [5.74, 6) is 1.08. The van der Waals surface area contributed by atoms with Crippen molar-refractivity contribution in [2.75, 3.05) is 46.8 Å². The van der Waals surface area contributed by atoms with Crippen LogP contribution in [0, 0.1) is 5.41 Å². The number of likely N-dealkylation sites (tertiary alicyclic amines) is 1. The molecule has 2 aliphatic rings. The lowest BCUT2D eigenvalue weighted by molar-refractivity contribution is -0.138. The Morgan fingerprint density at radius 3 is 2.46 bits per heavy atom. The molecular formula is C19H38IN5O. The molecule has 6 nitrogen and oxygen atoms in total. The van der Waals surface area contributed by atoms with Gasteiger partial charge in [-0.3, -0.25) is 14.7 Å². The summed E-state index contributed by atoms with van der Waals surface area (Å²) in [7, 11) is 3.71. The molecule has 2 N–H and O–H groups in total. The summed E-state index contributed by atoms with van der Waals surface area (Å²) in [5.41, 5.74) is -0.297. The topological polar surface area (TPSA) is 60.0 Å². The number of aliphatic imine (C=N–C) groups is 1. The van der Waals surface area contributed by atoms with Gasteiger partial charge in [-0.15, -0.1) is 24.0 Å². The van der Waals surface area contributed by atoms with Crippen LogP contribution in [0.1, 0.15) is 52.4 Å². The number of hydrogen-bond acceptors (Lipinski definition) is 3. The van der Waals surface area contributed by atoms with Crippen molar-refractivity contribution in [3.8, 4) is 0 Å². The third-order valence-electron chi connectivity index (χ3n) is 5.71. The molecule has 1 unspecified atom stereocenters. The number of carbonyl (C=O) groups is 1. The smallest absolute Gasteiger partial charge is 0.230 e. The molecule has 1 saturated carbocycles. The summed E-state index contributed by atoms with van der Waals surface area (Å²) in [4.78, 5) is 21.8. The average molecular weight is 479 g/mol. The molecule has 0 radical (unpaired) electrons. The average Bonchev–Trinajstić information content (AvgIpc) is 3.26. The molecule has 2 rings (SSSR count). The molecule has 0 aromatic carbocycles. The van der Waals surface area contributed by atoms with Crippen molar-refractivity contribution in [3.05, 3.63) is 0 Å². The van der Waals surface area contributed by atoms with Crippen molar-refractivity contribution >= 4 is 35.8 Å². The fourth-order valence-corrected chi connectivity index (χ4v) is 4.29. The van der Waals surface area contributed by atoms with E-state index in [4.69, 9.17) is 4.99 Å². The van der Waals surface area contributed by atoms with E-state index in [0.29, 0.717) is 12.6 Å². The van der Waals surface area contributed by atoms with Crippen LogP contribution in [0.4, 0.5) is 0 Å². The number of guanidine groups is 1. The molecule has 1 atom stereocenters. The van der Waals surface area contributed by atoms with Crippen LogP contribution in [-0.2, 0) is 4.79 Å². The Kier molecular flexibility index (Phi) is 10.2. The number of halogens is 1. The lowest BCUT2D eigenvalue weighted by Crippen LogP contribution is -2.46. The molecule has 0 aromatic heterocycles. The molecule has 152 valence electrons. The van der Waals surface area contributed by atoms with Crippen LogP contribution in [0.15, 0.2) is 4.99 Å². The predicted molar refractivity (Wildman–Crippen MR) is 119 cm³/mol. The molecular weight excluding hydrogens is 441 g/mol. The number of nitrogens with zero attached hydrogens (tertiary/aromatic N) is 3. The van der Waals surface area contributed by atoms with Crippen LogP contribution in [0.3, 0.4) is 0 Å². The molecule has 1 heterocycles. The molecule has 1 aliphatic heterocycles. The van der Waals surface area contributed by atoms with E-state index >= 15 is 0 Å². The second-order valence-corrected chi connectivity index (χ2v) is 7.69. The molecule has 1 aliphatic carbocycles. The SMILES string of the molecule is CCNC(=NCC1(C(=O)N(C)C)CCCC1)NCC1CCCN1CC.I. The fourth-order valence-electron chi connectivity index (χ4n) is 4.29. The first-order valence-electron chi connectivity index (χ1n) is 10.0. The fraction of sp³-hybridized carbons (Fsp3) is 0.895. The molecule has 0 aromatic rings. The van der Waals surface area contributed by atoms with E-state index in [1.54, 1.807) is 4.90 Å². The molecule has 7 heteroatoms. The highest BCUT2D eigenvalue weighted by Gasteiger charge is 2.42. The quantitative estimate of drug-likeness (QED) is 0.334. The van der Waals surface area contributed by atoms with Crippen molar-refractivity contribution in [3.63, 3.8) is 0 Å². The van der Waals surface area contributed by atoms with Gasteiger partial charge in [0.25, 0.3) is 0 Å². The van der Waals surface area contributed by atoms with E-state index in [2.05, 4.69) is 29.4 Å². The largest absolute Gasteiger partial charge is 0.357 e. The number of likely N-dealkylation sites (N-methyl/N-ethyl adjacent to an activating group) is 1. The van der Waals surface area contributed by atoms with Gasteiger partial charge in [0, 0.05) is 33.2 Å². The van der Waals surface area contributed by atoms with Crippen molar-refractivity contribution in [1.29, 1.82) is 0 Å². The van der Waals surface area contributed by atoms with Crippen LogP contribution < -0.4 is 10.6 Å². The Morgan fingerprint density at radius 2 is 1.88 bits per heavy atom. The van der Waals surface area contributed by atoms with Gasteiger partial charge in [-0.05, 0) is 45.7 Å². The minimum Gasteiger partial charge on any atom is -0.357 e. The number of rotatable bonds is 7. The highest BCUT2D eigenvalue weighted by Crippen LogP contribution is 2.39. The van der Waals surface area contributed by atoms with E-state index < -0.39 is 0 Å². The van der Waals surface area contributed by atoms with E-state index in [9.17, 15) is 4.79 Å². The van der Waals surface area contributed by atoms with Gasteiger partial charge in [-0.25, -0.2) is 0 Å². The molecule has 0 spiro atoms. The van der Waals surface area contributed by atoms with E-state index in [-0.39, 0.29) is 35.3 Å². The maximum Gasteiger partial charge on any atom is 0.230 e. The first-order chi connectivity index (χ1) is 12.0. The minimum absolute atomic E-state index is 0. The van der Waals surface area contributed by atoms with Gasteiger partial charge in [-0.2, -0.15) is 0 Å². The number of carbonyl (C=O) groups excluding carboxylic acids is 1. The highest BCUT2D eigenvalue weighted by atomic mass is 127. The molecule has 0 bridgehead atoms. The minimum atomic E-state index is -0.297. The van der Waals surface area contributed by atoms with Gasteiger partial charge in [-0.1, -0.05) is 19.8 Å². The summed E-state index contributed by atoms with van der Waals surface area (Å²) < 4.78 is 0. The molecule has 26 heavy (non-hydrogen) atoms. The zero-order chi connectivity index (χ0) is 18.3. The Balaban J connectivity index is 0.00000338. The zero-order valence-electron chi connectivity index (χ0n) is 17.0. The van der Waals surface area contributed by atoms with E-state index in [0.717, 1.165) is 51.3 Å². The first-order valence-corrected chi connectivity index (χ1v) is 10.0. The summed E-state index contributed by atoms with van der Waals surface area (Å²) in [6.45, 7) is 8.98. The van der Waals surface area contributed by atoms with Gasteiger partial charge in [0.05, 0.1) is 12.0 Å². The molecule has 1 saturated heterocycles. The summed E-state index contributed by atoms with van der Waals surface area (Å²) in [6, 6.07) is 0.595. The first kappa shape index (κ1) is 23.5. The maximum atomic E-state index is 12.7. The van der Waals surface area contributed by atoms with Crippen molar-refractivity contribution < 1.29 is 4.79 Å². The lowest BCUT2D eigenvalue weighted by atomic mass is 9.85. The molecule has 1 amide bonds. The second kappa shape index (κ2) is 11.3. The van der Waals surface area contributed by atoms with Gasteiger partial charge < -0.3 is 15.5 Å². The van der Waals surface area contributed by atoms with Crippen LogP contribution in [0.2, 0.25) is 0 Å².